The summed E-state index contributed by atoms with van der Waals surface area (Å²) in [6.07, 6.45) is 18.4. The summed E-state index contributed by atoms with van der Waals surface area (Å²) in [4.78, 5) is 46.2. The van der Waals surface area contributed by atoms with Crippen molar-refractivity contribution < 1.29 is 29.0 Å². The molecule has 35 heavy (non-hydrogen) atoms. The van der Waals surface area contributed by atoms with Crippen LogP contribution in [-0.2, 0) is 23.9 Å². The van der Waals surface area contributed by atoms with Crippen LogP contribution in [0, 0.1) is 0 Å². The maximum atomic E-state index is 12.0. The Balaban J connectivity index is 3.67. The zero-order chi connectivity index (χ0) is 26.2. The monoisotopic (exact) mass is 498 g/mol. The largest absolute Gasteiger partial charge is 0.481 e. The van der Waals surface area contributed by atoms with Gasteiger partial charge in [-0.3, -0.25) is 14.4 Å². The van der Waals surface area contributed by atoms with E-state index in [1.807, 2.05) is 0 Å². The molecule has 0 aliphatic carbocycles. The number of rotatable bonds is 24. The highest BCUT2D eigenvalue weighted by Crippen LogP contribution is 2.13. The van der Waals surface area contributed by atoms with Gasteiger partial charge in [-0.15, -0.1) is 0 Å². The van der Waals surface area contributed by atoms with Crippen molar-refractivity contribution in [1.82, 2.24) is 10.6 Å². The van der Waals surface area contributed by atoms with Crippen LogP contribution < -0.4 is 10.6 Å². The van der Waals surface area contributed by atoms with E-state index in [9.17, 15) is 19.2 Å². The summed E-state index contributed by atoms with van der Waals surface area (Å²) in [5.74, 6) is -2.06. The molecule has 204 valence electrons. The lowest BCUT2D eigenvalue weighted by Gasteiger charge is -2.16. The van der Waals surface area contributed by atoms with E-state index in [2.05, 4.69) is 17.6 Å². The van der Waals surface area contributed by atoms with Crippen molar-refractivity contribution in [2.75, 3.05) is 13.7 Å². The number of methoxy groups -OCH3 is 1. The van der Waals surface area contributed by atoms with Gasteiger partial charge in [-0.05, 0) is 25.7 Å². The van der Waals surface area contributed by atoms with E-state index < -0.39 is 23.9 Å². The topological polar surface area (TPSA) is 122 Å². The number of aliphatic carboxylic acids is 1. The summed E-state index contributed by atoms with van der Waals surface area (Å²) < 4.78 is 4.71. The quantitative estimate of drug-likeness (QED) is 0.123. The highest BCUT2D eigenvalue weighted by Gasteiger charge is 2.21. The van der Waals surface area contributed by atoms with Crippen LogP contribution in [0.4, 0.5) is 0 Å². The summed E-state index contributed by atoms with van der Waals surface area (Å²) in [5.41, 5.74) is 0. The molecule has 0 saturated carbocycles. The highest BCUT2D eigenvalue weighted by molar-refractivity contribution is 5.86. The first-order chi connectivity index (χ1) is 16.9. The van der Waals surface area contributed by atoms with Crippen LogP contribution >= 0.6 is 0 Å². The van der Waals surface area contributed by atoms with Crippen LogP contribution in [0.3, 0.4) is 0 Å². The molecule has 0 rings (SSSR count). The summed E-state index contributed by atoms with van der Waals surface area (Å²) in [6, 6.07) is -0.803. The molecule has 2 amide bonds. The summed E-state index contributed by atoms with van der Waals surface area (Å²) >= 11 is 0. The Morgan fingerprint density at radius 2 is 1.23 bits per heavy atom. The second-order valence-electron chi connectivity index (χ2n) is 9.38. The number of hydrogen-bond acceptors (Lipinski definition) is 5. The van der Waals surface area contributed by atoms with Gasteiger partial charge in [0.25, 0.3) is 0 Å². The second-order valence-corrected chi connectivity index (χ2v) is 9.38. The number of carboxylic acid groups (broad SMARTS) is 1. The Labute approximate surface area is 212 Å². The lowest BCUT2D eigenvalue weighted by atomic mass is 10.0. The molecule has 0 heterocycles. The average molecular weight is 499 g/mol. The van der Waals surface area contributed by atoms with Crippen LogP contribution in [0.15, 0.2) is 0 Å². The predicted octanol–water partition coefficient (Wildman–Crippen LogP) is 5.28. The van der Waals surface area contributed by atoms with Gasteiger partial charge in [0.05, 0.1) is 13.5 Å². The zero-order valence-electron chi connectivity index (χ0n) is 22.2. The van der Waals surface area contributed by atoms with Gasteiger partial charge in [0.1, 0.15) is 6.04 Å². The van der Waals surface area contributed by atoms with E-state index in [0.29, 0.717) is 32.2 Å². The summed E-state index contributed by atoms with van der Waals surface area (Å²) in [6.45, 7) is 2.78. The Kier molecular flexibility index (Phi) is 22.2. The molecule has 8 nitrogen and oxygen atoms in total. The molecule has 0 aromatic rings. The molecule has 8 heteroatoms. The maximum Gasteiger partial charge on any atom is 0.328 e. The standard InChI is InChI=1S/C27H50N2O6/c1-3-4-5-6-7-8-9-10-11-12-13-14-15-19-24(30)28-22-17-16-18-23(27(34)35-2)29-25(31)20-21-26(32)33/h23H,3-22H2,1-2H3,(H,28,30)(H,29,31)(H,32,33). The van der Waals surface area contributed by atoms with E-state index in [4.69, 9.17) is 9.84 Å². The third-order valence-electron chi connectivity index (χ3n) is 6.14. The molecule has 3 N–H and O–H groups in total. The number of esters is 1. The van der Waals surface area contributed by atoms with Crippen LogP contribution in [0.25, 0.3) is 0 Å². The number of amides is 2. The molecule has 0 aromatic carbocycles. The number of unbranched alkanes of at least 4 members (excludes halogenated alkanes) is 13. The van der Waals surface area contributed by atoms with Crippen molar-refractivity contribution in [3.8, 4) is 0 Å². The maximum absolute atomic E-state index is 12.0. The number of carboxylic acids is 1. The molecule has 1 atom stereocenters. The van der Waals surface area contributed by atoms with E-state index in [1.54, 1.807) is 0 Å². The molecule has 0 bridgehead atoms. The van der Waals surface area contributed by atoms with Crippen molar-refractivity contribution in [2.45, 2.75) is 135 Å². The van der Waals surface area contributed by atoms with Crippen molar-refractivity contribution in [3.05, 3.63) is 0 Å². The third kappa shape index (κ3) is 22.1. The minimum atomic E-state index is -1.07. The smallest absolute Gasteiger partial charge is 0.328 e. The van der Waals surface area contributed by atoms with Gasteiger partial charge in [0, 0.05) is 19.4 Å². The molecule has 0 aromatic heterocycles. The van der Waals surface area contributed by atoms with Crippen molar-refractivity contribution >= 4 is 23.8 Å². The van der Waals surface area contributed by atoms with Gasteiger partial charge in [0.15, 0.2) is 0 Å². The highest BCUT2D eigenvalue weighted by atomic mass is 16.5. The summed E-state index contributed by atoms with van der Waals surface area (Å²) in [5, 5.41) is 14.1. The molecule has 0 saturated heterocycles. The number of ether oxygens (including phenoxy) is 1. The van der Waals surface area contributed by atoms with Gasteiger partial charge in [0.2, 0.25) is 11.8 Å². The van der Waals surface area contributed by atoms with Crippen LogP contribution in [-0.4, -0.2) is 48.6 Å². The van der Waals surface area contributed by atoms with Gasteiger partial charge in [-0.25, -0.2) is 4.79 Å². The number of hydrogen-bond donors (Lipinski definition) is 3. The molecule has 0 aliphatic rings. The lowest BCUT2D eigenvalue weighted by Crippen LogP contribution is -2.41. The number of nitrogens with one attached hydrogen (secondary N) is 2. The van der Waals surface area contributed by atoms with Gasteiger partial charge >= 0.3 is 11.9 Å². The average Bonchev–Trinajstić information content (AvgIpc) is 2.84. The van der Waals surface area contributed by atoms with Gasteiger partial charge < -0.3 is 20.5 Å². The lowest BCUT2D eigenvalue weighted by molar-refractivity contribution is -0.145. The van der Waals surface area contributed by atoms with E-state index >= 15 is 0 Å². The first-order valence-electron chi connectivity index (χ1n) is 13.8. The summed E-state index contributed by atoms with van der Waals surface area (Å²) in [7, 11) is 1.25. The predicted molar refractivity (Wildman–Crippen MR) is 138 cm³/mol. The molecule has 0 aliphatic heterocycles. The first kappa shape index (κ1) is 32.9. The van der Waals surface area contributed by atoms with Crippen molar-refractivity contribution in [1.29, 1.82) is 0 Å². The molecular formula is C27H50N2O6. The zero-order valence-corrected chi connectivity index (χ0v) is 22.2. The molecule has 0 fully saturated rings. The molecule has 1 unspecified atom stereocenters. The fourth-order valence-electron chi connectivity index (χ4n) is 3.97. The van der Waals surface area contributed by atoms with Crippen molar-refractivity contribution in [2.24, 2.45) is 0 Å². The van der Waals surface area contributed by atoms with Crippen molar-refractivity contribution in [3.63, 3.8) is 0 Å². The minimum Gasteiger partial charge on any atom is -0.481 e. The van der Waals surface area contributed by atoms with Gasteiger partial charge in [-0.1, -0.05) is 84.0 Å². The molecule has 0 spiro atoms. The fourth-order valence-corrected chi connectivity index (χ4v) is 3.97. The Morgan fingerprint density at radius 3 is 1.74 bits per heavy atom. The number of carbonyl (C=O) groups excluding carboxylic acids is 3. The fraction of sp³-hybridized carbons (Fsp3) is 0.852. The van der Waals surface area contributed by atoms with E-state index in [1.165, 1.54) is 77.7 Å². The van der Waals surface area contributed by atoms with E-state index in [0.717, 1.165) is 12.8 Å². The Morgan fingerprint density at radius 1 is 0.686 bits per heavy atom. The SMILES string of the molecule is CCCCCCCCCCCCCCCC(=O)NCCCCC(NC(=O)CCC(=O)O)C(=O)OC. The van der Waals surface area contributed by atoms with Crippen LogP contribution in [0.2, 0.25) is 0 Å². The third-order valence-corrected chi connectivity index (χ3v) is 6.14. The Bertz CT molecular complexity index is 582. The number of carbonyl (C=O) groups is 4. The molecule has 0 radical (unpaired) electrons. The minimum absolute atomic E-state index is 0.0552. The van der Waals surface area contributed by atoms with E-state index in [-0.39, 0.29) is 18.7 Å². The van der Waals surface area contributed by atoms with Crippen LogP contribution in [0.1, 0.15) is 129 Å². The normalized spacial score (nSPS) is 11.6. The molecular weight excluding hydrogens is 448 g/mol. The first-order valence-corrected chi connectivity index (χ1v) is 13.8. The van der Waals surface area contributed by atoms with Crippen LogP contribution in [0.5, 0.6) is 0 Å². The Hall–Kier alpha value is -2.12. The van der Waals surface area contributed by atoms with Gasteiger partial charge in [-0.2, -0.15) is 0 Å². The second kappa shape index (κ2) is 23.6.